The van der Waals surface area contributed by atoms with Crippen LogP contribution in [0.25, 0.3) is 0 Å². The van der Waals surface area contributed by atoms with Gasteiger partial charge in [0.25, 0.3) is 0 Å². The number of hydrogen-bond acceptors (Lipinski definition) is 3. The maximum absolute atomic E-state index is 11.6. The van der Waals surface area contributed by atoms with E-state index in [1.165, 1.54) is 18.6 Å². The Morgan fingerprint density at radius 1 is 1.21 bits per heavy atom. The second-order valence-electron chi connectivity index (χ2n) is 4.64. The number of thioether (sulfide) groups is 1. The molecule has 19 heavy (non-hydrogen) atoms. The zero-order valence-corrected chi connectivity index (χ0v) is 12.5. The van der Waals surface area contributed by atoms with Gasteiger partial charge in [0.05, 0.1) is 0 Å². The second-order valence-corrected chi connectivity index (χ2v) is 5.63. The summed E-state index contributed by atoms with van der Waals surface area (Å²) in [4.78, 5) is 11.6. The number of rotatable bonds is 9. The van der Waals surface area contributed by atoms with E-state index in [2.05, 4.69) is 11.6 Å². The lowest BCUT2D eigenvalue weighted by Crippen LogP contribution is -2.24. The van der Waals surface area contributed by atoms with Crippen LogP contribution in [-0.4, -0.2) is 24.5 Å². The summed E-state index contributed by atoms with van der Waals surface area (Å²) in [5.74, 6) is 1.35. The first-order valence-corrected chi connectivity index (χ1v) is 8.22. The Morgan fingerprint density at radius 2 is 1.95 bits per heavy atom. The van der Waals surface area contributed by atoms with Crippen LogP contribution in [0.15, 0.2) is 24.3 Å². The van der Waals surface area contributed by atoms with Gasteiger partial charge in [0.15, 0.2) is 0 Å². The Morgan fingerprint density at radius 3 is 2.63 bits per heavy atom. The fourth-order valence-corrected chi connectivity index (χ4v) is 2.30. The Balaban J connectivity index is 2.06. The molecule has 0 heterocycles. The van der Waals surface area contributed by atoms with Gasteiger partial charge in [-0.1, -0.05) is 18.6 Å². The summed E-state index contributed by atoms with van der Waals surface area (Å²) in [6, 6.07) is 7.70. The molecule has 0 aliphatic rings. The predicted molar refractivity (Wildman–Crippen MR) is 84.4 cm³/mol. The van der Waals surface area contributed by atoms with Crippen LogP contribution < -0.4 is 11.1 Å². The number of unbranched alkanes of at least 4 members (excludes halogenated alkanes) is 2. The maximum Gasteiger partial charge on any atom is 0.220 e. The van der Waals surface area contributed by atoms with Crippen LogP contribution in [0.4, 0.5) is 5.69 Å². The molecule has 3 N–H and O–H groups in total. The molecule has 3 nitrogen and oxygen atoms in total. The standard InChI is InChI=1S/C15H24N2OS/c1-19-12-4-2-3-11-17-15(18)10-7-13-5-8-14(16)9-6-13/h5-6,8-9H,2-4,7,10-12,16H2,1H3,(H,17,18). The molecule has 0 aliphatic heterocycles. The van der Waals surface area contributed by atoms with Gasteiger partial charge in [0.2, 0.25) is 5.91 Å². The third-order valence-corrected chi connectivity index (χ3v) is 3.66. The Hall–Kier alpha value is -1.16. The first-order valence-electron chi connectivity index (χ1n) is 6.82. The summed E-state index contributed by atoms with van der Waals surface area (Å²) >= 11 is 1.88. The smallest absolute Gasteiger partial charge is 0.220 e. The SMILES string of the molecule is CSCCCCCNC(=O)CCc1ccc(N)cc1. The average Bonchev–Trinajstić information content (AvgIpc) is 2.42. The largest absolute Gasteiger partial charge is 0.399 e. The van der Waals surface area contributed by atoms with Crippen LogP contribution >= 0.6 is 11.8 Å². The molecule has 0 aromatic heterocycles. The predicted octanol–water partition coefficient (Wildman–Crippen LogP) is 2.85. The summed E-state index contributed by atoms with van der Waals surface area (Å²) in [7, 11) is 0. The van der Waals surface area contributed by atoms with Crippen molar-refractivity contribution in [1.29, 1.82) is 0 Å². The molecule has 0 saturated heterocycles. The van der Waals surface area contributed by atoms with Gasteiger partial charge >= 0.3 is 0 Å². The van der Waals surface area contributed by atoms with Gasteiger partial charge < -0.3 is 11.1 Å². The fourth-order valence-electron chi connectivity index (χ4n) is 1.81. The molecule has 1 amide bonds. The lowest BCUT2D eigenvalue weighted by molar-refractivity contribution is -0.121. The number of carbonyl (C=O) groups excluding carboxylic acids is 1. The van der Waals surface area contributed by atoms with Gasteiger partial charge in [-0.3, -0.25) is 4.79 Å². The minimum Gasteiger partial charge on any atom is -0.399 e. The van der Waals surface area contributed by atoms with Crippen molar-refractivity contribution in [2.45, 2.75) is 32.1 Å². The molecule has 4 heteroatoms. The number of nitrogen functional groups attached to an aromatic ring is 1. The van der Waals surface area contributed by atoms with Crippen molar-refractivity contribution < 1.29 is 4.79 Å². The third kappa shape index (κ3) is 7.78. The molecule has 0 fully saturated rings. The summed E-state index contributed by atoms with van der Waals surface area (Å²) in [6.07, 6.45) is 6.96. The molecule has 0 spiro atoms. The van der Waals surface area contributed by atoms with E-state index in [0.29, 0.717) is 6.42 Å². The lowest BCUT2D eigenvalue weighted by Gasteiger charge is -2.05. The molecule has 0 saturated carbocycles. The molecular formula is C15H24N2OS. The third-order valence-electron chi connectivity index (χ3n) is 2.97. The first kappa shape index (κ1) is 15.9. The molecular weight excluding hydrogens is 256 g/mol. The Kier molecular flexibility index (Phi) is 8.14. The molecule has 1 aromatic carbocycles. The van der Waals surface area contributed by atoms with Gasteiger partial charge in [-0.25, -0.2) is 0 Å². The summed E-state index contributed by atoms with van der Waals surface area (Å²) in [6.45, 7) is 0.801. The Labute approximate surface area is 120 Å². The van der Waals surface area contributed by atoms with Gasteiger partial charge in [-0.15, -0.1) is 0 Å². The van der Waals surface area contributed by atoms with E-state index in [9.17, 15) is 4.79 Å². The van der Waals surface area contributed by atoms with Crippen molar-refractivity contribution >= 4 is 23.4 Å². The molecule has 0 bridgehead atoms. The quantitative estimate of drug-likeness (QED) is 0.540. The van der Waals surface area contributed by atoms with Crippen LogP contribution in [-0.2, 0) is 11.2 Å². The number of hydrogen-bond donors (Lipinski definition) is 2. The summed E-state index contributed by atoms with van der Waals surface area (Å²) in [5, 5.41) is 2.97. The highest BCUT2D eigenvalue weighted by molar-refractivity contribution is 7.98. The van der Waals surface area contributed by atoms with Crippen molar-refractivity contribution in [3.8, 4) is 0 Å². The van der Waals surface area contributed by atoms with Crippen LogP contribution in [0.2, 0.25) is 0 Å². The highest BCUT2D eigenvalue weighted by Crippen LogP contribution is 2.07. The van der Waals surface area contributed by atoms with E-state index in [1.54, 1.807) is 0 Å². The number of nitrogens with two attached hydrogens (primary N) is 1. The molecule has 1 aromatic rings. The van der Waals surface area contributed by atoms with Crippen molar-refractivity contribution in [2.75, 3.05) is 24.3 Å². The molecule has 0 atom stereocenters. The number of benzene rings is 1. The minimum atomic E-state index is 0.140. The summed E-state index contributed by atoms with van der Waals surface area (Å²) < 4.78 is 0. The van der Waals surface area contributed by atoms with E-state index in [1.807, 2.05) is 36.0 Å². The van der Waals surface area contributed by atoms with Crippen molar-refractivity contribution in [3.63, 3.8) is 0 Å². The number of anilines is 1. The molecule has 1 rings (SSSR count). The number of aryl methyl sites for hydroxylation is 1. The topological polar surface area (TPSA) is 55.1 Å². The van der Waals surface area contributed by atoms with E-state index < -0.39 is 0 Å². The zero-order chi connectivity index (χ0) is 13.9. The normalized spacial score (nSPS) is 10.4. The first-order chi connectivity index (χ1) is 9.22. The lowest BCUT2D eigenvalue weighted by atomic mass is 10.1. The van der Waals surface area contributed by atoms with E-state index in [4.69, 9.17) is 5.73 Å². The van der Waals surface area contributed by atoms with E-state index in [-0.39, 0.29) is 5.91 Å². The Bertz CT molecular complexity index is 365. The van der Waals surface area contributed by atoms with Gasteiger partial charge in [-0.2, -0.15) is 11.8 Å². The van der Waals surface area contributed by atoms with Crippen LogP contribution in [0, 0.1) is 0 Å². The van der Waals surface area contributed by atoms with Crippen molar-refractivity contribution in [1.82, 2.24) is 5.32 Å². The molecule has 106 valence electrons. The van der Waals surface area contributed by atoms with Crippen molar-refractivity contribution in [3.05, 3.63) is 29.8 Å². The summed E-state index contributed by atoms with van der Waals surface area (Å²) in [5.41, 5.74) is 7.54. The molecule has 0 unspecified atom stereocenters. The number of carbonyl (C=O) groups is 1. The molecule has 0 aliphatic carbocycles. The highest BCUT2D eigenvalue weighted by atomic mass is 32.2. The number of nitrogens with one attached hydrogen (secondary N) is 1. The van der Waals surface area contributed by atoms with Gasteiger partial charge in [0, 0.05) is 18.7 Å². The van der Waals surface area contributed by atoms with E-state index in [0.717, 1.165) is 30.6 Å². The number of amides is 1. The monoisotopic (exact) mass is 280 g/mol. The van der Waals surface area contributed by atoms with Crippen LogP contribution in [0.1, 0.15) is 31.2 Å². The zero-order valence-electron chi connectivity index (χ0n) is 11.7. The second kappa shape index (κ2) is 9.73. The van der Waals surface area contributed by atoms with Crippen molar-refractivity contribution in [2.24, 2.45) is 0 Å². The van der Waals surface area contributed by atoms with Gasteiger partial charge in [0.1, 0.15) is 0 Å². The van der Waals surface area contributed by atoms with Crippen LogP contribution in [0.3, 0.4) is 0 Å². The molecule has 0 radical (unpaired) electrons. The minimum absolute atomic E-state index is 0.140. The fraction of sp³-hybridized carbons (Fsp3) is 0.533. The maximum atomic E-state index is 11.6. The highest BCUT2D eigenvalue weighted by Gasteiger charge is 2.01. The average molecular weight is 280 g/mol. The van der Waals surface area contributed by atoms with Crippen LogP contribution in [0.5, 0.6) is 0 Å². The van der Waals surface area contributed by atoms with E-state index >= 15 is 0 Å². The van der Waals surface area contributed by atoms with Gasteiger partial charge in [-0.05, 0) is 49.0 Å².